The molecule has 1 aromatic carbocycles. The van der Waals surface area contributed by atoms with Gasteiger partial charge in [-0.15, -0.1) is 0 Å². The zero-order chi connectivity index (χ0) is 14.0. The summed E-state index contributed by atoms with van der Waals surface area (Å²) in [4.78, 5) is 0. The van der Waals surface area contributed by atoms with E-state index in [0.717, 1.165) is 33.1 Å². The molecule has 5 heteroatoms. The number of benzene rings is 1. The maximum atomic E-state index is 6.28. The van der Waals surface area contributed by atoms with Crippen LogP contribution in [-0.2, 0) is 13.1 Å². The summed E-state index contributed by atoms with van der Waals surface area (Å²) in [6.45, 7) is 7.56. The average molecular weight is 343 g/mol. The number of aryl methyl sites for hydroxylation is 3. The van der Waals surface area contributed by atoms with Crippen molar-refractivity contribution < 1.29 is 0 Å². The van der Waals surface area contributed by atoms with Crippen molar-refractivity contribution in [2.45, 2.75) is 33.9 Å². The Hall–Kier alpha value is -1.000. The lowest BCUT2D eigenvalue weighted by atomic mass is 10.2. The van der Waals surface area contributed by atoms with E-state index in [0.29, 0.717) is 6.54 Å². The van der Waals surface area contributed by atoms with E-state index in [9.17, 15) is 0 Å². The Kier molecular flexibility index (Phi) is 4.53. The van der Waals surface area contributed by atoms with Crippen molar-refractivity contribution in [1.82, 2.24) is 9.78 Å². The minimum atomic E-state index is 0.670. The highest BCUT2D eigenvalue weighted by Gasteiger charge is 2.12. The summed E-state index contributed by atoms with van der Waals surface area (Å²) >= 11 is 9.82. The molecule has 0 fully saturated rings. The standard InChI is InChI=1S/C14H17BrClN3/c1-4-19-13(14(16)10(3)18-19)8-17-11-6-5-9(2)12(15)7-11/h5-7,17H,4,8H2,1-3H3. The van der Waals surface area contributed by atoms with Crippen molar-refractivity contribution in [2.75, 3.05) is 5.32 Å². The van der Waals surface area contributed by atoms with Gasteiger partial charge in [-0.3, -0.25) is 4.68 Å². The second-order valence-corrected chi connectivity index (χ2v) is 5.71. The van der Waals surface area contributed by atoms with Crippen molar-refractivity contribution in [3.8, 4) is 0 Å². The predicted octanol–water partition coefficient (Wildman–Crippen LogP) is 4.55. The summed E-state index contributed by atoms with van der Waals surface area (Å²) in [6.07, 6.45) is 0. The van der Waals surface area contributed by atoms with E-state index in [4.69, 9.17) is 11.6 Å². The molecule has 19 heavy (non-hydrogen) atoms. The number of nitrogens with one attached hydrogen (secondary N) is 1. The number of halogens is 2. The lowest BCUT2D eigenvalue weighted by molar-refractivity contribution is 0.623. The molecule has 0 radical (unpaired) electrons. The molecule has 0 bridgehead atoms. The first kappa shape index (κ1) is 14.4. The Labute approximate surface area is 127 Å². The number of anilines is 1. The van der Waals surface area contributed by atoms with Crippen LogP contribution in [0.3, 0.4) is 0 Å². The summed E-state index contributed by atoms with van der Waals surface area (Å²) in [7, 11) is 0. The third-order valence-corrected chi connectivity index (χ3v) is 4.43. The smallest absolute Gasteiger partial charge is 0.0865 e. The van der Waals surface area contributed by atoms with Gasteiger partial charge in [0.15, 0.2) is 0 Å². The zero-order valence-corrected chi connectivity index (χ0v) is 13.6. The molecule has 102 valence electrons. The molecular weight excluding hydrogens is 326 g/mol. The fourth-order valence-electron chi connectivity index (χ4n) is 1.93. The van der Waals surface area contributed by atoms with Crippen LogP contribution < -0.4 is 5.32 Å². The molecule has 2 aromatic rings. The van der Waals surface area contributed by atoms with Gasteiger partial charge in [-0.25, -0.2) is 0 Å². The molecule has 0 saturated carbocycles. The van der Waals surface area contributed by atoms with E-state index in [2.05, 4.69) is 58.4 Å². The third-order valence-electron chi connectivity index (χ3n) is 3.08. The summed E-state index contributed by atoms with van der Waals surface area (Å²) in [5, 5.41) is 8.54. The molecule has 1 heterocycles. The molecule has 0 aliphatic heterocycles. The predicted molar refractivity (Wildman–Crippen MR) is 83.9 cm³/mol. The fraction of sp³-hybridized carbons (Fsp3) is 0.357. The van der Waals surface area contributed by atoms with Gasteiger partial charge < -0.3 is 5.32 Å². The minimum absolute atomic E-state index is 0.670. The fourth-order valence-corrected chi connectivity index (χ4v) is 2.51. The van der Waals surface area contributed by atoms with Crippen LogP contribution in [0.4, 0.5) is 5.69 Å². The van der Waals surface area contributed by atoms with E-state index in [1.807, 2.05) is 11.6 Å². The molecule has 0 aliphatic rings. The van der Waals surface area contributed by atoms with Gasteiger partial charge in [0.05, 0.1) is 23.0 Å². The number of rotatable bonds is 4. The van der Waals surface area contributed by atoms with Crippen LogP contribution in [0.2, 0.25) is 5.02 Å². The molecular formula is C14H17BrClN3. The first-order valence-corrected chi connectivity index (χ1v) is 7.41. The quantitative estimate of drug-likeness (QED) is 0.883. The van der Waals surface area contributed by atoms with E-state index in [1.54, 1.807) is 0 Å². The second-order valence-electron chi connectivity index (χ2n) is 4.48. The number of hydrogen-bond acceptors (Lipinski definition) is 2. The molecule has 0 saturated heterocycles. The van der Waals surface area contributed by atoms with Crippen LogP contribution in [0.15, 0.2) is 22.7 Å². The van der Waals surface area contributed by atoms with Gasteiger partial charge in [0.1, 0.15) is 0 Å². The highest BCUT2D eigenvalue weighted by Crippen LogP contribution is 2.24. The largest absolute Gasteiger partial charge is 0.379 e. The monoisotopic (exact) mass is 341 g/mol. The third kappa shape index (κ3) is 3.12. The van der Waals surface area contributed by atoms with Gasteiger partial charge in [0.25, 0.3) is 0 Å². The maximum Gasteiger partial charge on any atom is 0.0865 e. The Bertz CT molecular complexity index is 593. The highest BCUT2D eigenvalue weighted by atomic mass is 79.9. The van der Waals surface area contributed by atoms with Crippen molar-refractivity contribution in [1.29, 1.82) is 0 Å². The summed E-state index contributed by atoms with van der Waals surface area (Å²) in [5.41, 5.74) is 4.19. The average Bonchev–Trinajstić information content (AvgIpc) is 2.67. The van der Waals surface area contributed by atoms with Gasteiger partial charge in [-0.05, 0) is 38.5 Å². The first-order chi connectivity index (χ1) is 9.02. The van der Waals surface area contributed by atoms with E-state index in [-0.39, 0.29) is 0 Å². The van der Waals surface area contributed by atoms with Crippen molar-refractivity contribution >= 4 is 33.2 Å². The van der Waals surface area contributed by atoms with Crippen LogP contribution in [0.5, 0.6) is 0 Å². The number of aromatic nitrogens is 2. The maximum absolute atomic E-state index is 6.28. The molecule has 0 unspecified atom stereocenters. The Morgan fingerprint density at radius 2 is 2.11 bits per heavy atom. The Balaban J connectivity index is 2.16. The second kappa shape index (κ2) is 5.97. The van der Waals surface area contributed by atoms with Gasteiger partial charge in [-0.1, -0.05) is 33.6 Å². The number of hydrogen-bond donors (Lipinski definition) is 1. The first-order valence-electron chi connectivity index (χ1n) is 6.24. The molecule has 0 amide bonds. The van der Waals surface area contributed by atoms with Crippen molar-refractivity contribution in [2.24, 2.45) is 0 Å². The zero-order valence-electron chi connectivity index (χ0n) is 11.3. The van der Waals surface area contributed by atoms with Crippen LogP contribution in [0.1, 0.15) is 23.9 Å². The molecule has 3 nitrogen and oxygen atoms in total. The summed E-state index contributed by atoms with van der Waals surface area (Å²) in [6, 6.07) is 6.21. The molecule has 1 aromatic heterocycles. The Morgan fingerprint density at radius 3 is 2.74 bits per heavy atom. The lowest BCUT2D eigenvalue weighted by Gasteiger charge is -2.10. The SMILES string of the molecule is CCn1nc(C)c(Cl)c1CNc1ccc(C)c(Br)c1. The summed E-state index contributed by atoms with van der Waals surface area (Å²) < 4.78 is 3.04. The topological polar surface area (TPSA) is 29.9 Å². The van der Waals surface area contributed by atoms with Gasteiger partial charge in [0, 0.05) is 16.7 Å². The minimum Gasteiger partial charge on any atom is -0.379 e. The molecule has 0 spiro atoms. The molecule has 0 aliphatic carbocycles. The van der Waals surface area contributed by atoms with Crippen molar-refractivity contribution in [3.05, 3.63) is 44.6 Å². The van der Waals surface area contributed by atoms with Gasteiger partial charge in [-0.2, -0.15) is 5.10 Å². The van der Waals surface area contributed by atoms with Crippen LogP contribution in [0.25, 0.3) is 0 Å². The lowest BCUT2D eigenvalue weighted by Crippen LogP contribution is -2.08. The molecule has 1 N–H and O–H groups in total. The normalized spacial score (nSPS) is 10.8. The van der Waals surface area contributed by atoms with E-state index in [1.165, 1.54) is 5.56 Å². The van der Waals surface area contributed by atoms with Gasteiger partial charge >= 0.3 is 0 Å². The Morgan fingerprint density at radius 1 is 1.37 bits per heavy atom. The summed E-state index contributed by atoms with van der Waals surface area (Å²) in [5.74, 6) is 0. The van der Waals surface area contributed by atoms with Crippen LogP contribution >= 0.6 is 27.5 Å². The van der Waals surface area contributed by atoms with Crippen LogP contribution in [0, 0.1) is 13.8 Å². The van der Waals surface area contributed by atoms with Gasteiger partial charge in [0.2, 0.25) is 0 Å². The molecule has 2 rings (SSSR count). The molecule has 0 atom stereocenters. The highest BCUT2D eigenvalue weighted by molar-refractivity contribution is 9.10. The number of nitrogens with zero attached hydrogens (tertiary/aromatic N) is 2. The van der Waals surface area contributed by atoms with Crippen molar-refractivity contribution in [3.63, 3.8) is 0 Å². The van der Waals surface area contributed by atoms with E-state index < -0.39 is 0 Å². The van der Waals surface area contributed by atoms with Crippen LogP contribution in [-0.4, -0.2) is 9.78 Å². The van der Waals surface area contributed by atoms with E-state index >= 15 is 0 Å².